The Morgan fingerprint density at radius 2 is 2.03 bits per heavy atom. The second kappa shape index (κ2) is 9.76. The van der Waals surface area contributed by atoms with E-state index in [1.165, 1.54) is 17.8 Å². The fourth-order valence-electron chi connectivity index (χ4n) is 3.13. The van der Waals surface area contributed by atoms with Crippen LogP contribution in [0.3, 0.4) is 0 Å². The summed E-state index contributed by atoms with van der Waals surface area (Å²) in [5, 5.41) is -0.585. The highest BCUT2D eigenvalue weighted by Gasteiger charge is 2.35. The molecule has 1 amide bonds. The second-order valence-electron chi connectivity index (χ2n) is 6.85. The average molecular weight is 480 g/mol. The molecule has 3 rings (SSSR count). The molecule has 0 fully saturated rings. The van der Waals surface area contributed by atoms with E-state index in [-0.39, 0.29) is 30.7 Å². The van der Waals surface area contributed by atoms with Crippen molar-refractivity contribution in [1.29, 1.82) is 0 Å². The SMILES string of the molecule is CCCOC(=O)CC1Sc2ccc(CC)cc2N(Cc2ccc(Br)cc2F)C1=O. The fraction of sp³-hybridized carbons (Fsp3) is 0.364. The number of anilines is 1. The van der Waals surface area contributed by atoms with Crippen molar-refractivity contribution in [2.45, 2.75) is 49.8 Å². The number of rotatable bonds is 7. The van der Waals surface area contributed by atoms with E-state index in [9.17, 15) is 14.0 Å². The Balaban J connectivity index is 1.92. The van der Waals surface area contributed by atoms with Crippen molar-refractivity contribution in [3.05, 3.63) is 57.8 Å². The minimum atomic E-state index is -0.585. The van der Waals surface area contributed by atoms with Crippen LogP contribution in [0, 0.1) is 5.82 Å². The topological polar surface area (TPSA) is 46.6 Å². The first-order valence-electron chi connectivity index (χ1n) is 9.63. The molecule has 0 aliphatic carbocycles. The lowest BCUT2D eigenvalue weighted by atomic mass is 10.1. The Morgan fingerprint density at radius 1 is 1.24 bits per heavy atom. The third kappa shape index (κ3) is 5.20. The molecule has 0 saturated heterocycles. The number of hydrogen-bond donors (Lipinski definition) is 0. The van der Waals surface area contributed by atoms with Gasteiger partial charge in [-0.2, -0.15) is 0 Å². The molecule has 0 saturated carbocycles. The zero-order valence-electron chi connectivity index (χ0n) is 16.4. The van der Waals surface area contributed by atoms with Gasteiger partial charge in [-0.3, -0.25) is 9.59 Å². The molecule has 1 aliphatic heterocycles. The van der Waals surface area contributed by atoms with Crippen molar-refractivity contribution in [3.63, 3.8) is 0 Å². The van der Waals surface area contributed by atoms with Crippen LogP contribution in [0.1, 0.15) is 37.8 Å². The molecule has 154 valence electrons. The number of esters is 1. The van der Waals surface area contributed by atoms with Crippen LogP contribution in [-0.4, -0.2) is 23.7 Å². The third-order valence-electron chi connectivity index (χ3n) is 4.70. The second-order valence-corrected chi connectivity index (χ2v) is 9.01. The standard InChI is InChI=1S/C22H23BrFNO3S/c1-3-9-28-21(26)12-20-22(27)25(13-15-6-7-16(23)11-17(15)24)18-10-14(4-2)5-8-19(18)29-20/h5-8,10-11,20H,3-4,9,12-13H2,1-2H3. The lowest BCUT2D eigenvalue weighted by Gasteiger charge is -2.34. The Kier molecular flexibility index (Phi) is 7.35. The van der Waals surface area contributed by atoms with E-state index in [4.69, 9.17) is 4.74 Å². The van der Waals surface area contributed by atoms with Crippen LogP contribution < -0.4 is 4.90 Å². The number of thioether (sulfide) groups is 1. The maximum atomic E-state index is 14.5. The fourth-order valence-corrected chi connectivity index (χ4v) is 4.65. The summed E-state index contributed by atoms with van der Waals surface area (Å²) in [6.07, 6.45) is 1.56. The summed E-state index contributed by atoms with van der Waals surface area (Å²) in [7, 11) is 0. The Morgan fingerprint density at radius 3 is 2.72 bits per heavy atom. The van der Waals surface area contributed by atoms with Crippen LogP contribution in [0.2, 0.25) is 0 Å². The smallest absolute Gasteiger partial charge is 0.307 e. The molecule has 0 N–H and O–H groups in total. The van der Waals surface area contributed by atoms with Gasteiger partial charge in [0.1, 0.15) is 5.82 Å². The maximum Gasteiger partial charge on any atom is 0.307 e. The Hall–Kier alpha value is -1.86. The number of halogens is 2. The lowest BCUT2D eigenvalue weighted by molar-refractivity contribution is -0.144. The number of amides is 1. The molecule has 1 unspecified atom stereocenters. The summed E-state index contributed by atoms with van der Waals surface area (Å²) in [6.45, 7) is 4.42. The van der Waals surface area contributed by atoms with E-state index in [0.717, 1.165) is 29.0 Å². The van der Waals surface area contributed by atoms with Gasteiger partial charge >= 0.3 is 5.97 Å². The number of nitrogens with zero attached hydrogens (tertiary/aromatic N) is 1. The van der Waals surface area contributed by atoms with Crippen molar-refractivity contribution in [2.75, 3.05) is 11.5 Å². The van der Waals surface area contributed by atoms with Gasteiger partial charge in [0, 0.05) is 14.9 Å². The predicted octanol–water partition coefficient (Wildman–Crippen LogP) is 5.50. The van der Waals surface area contributed by atoms with Crippen LogP contribution in [0.15, 0.2) is 45.8 Å². The van der Waals surface area contributed by atoms with Gasteiger partial charge in [-0.25, -0.2) is 4.39 Å². The molecule has 29 heavy (non-hydrogen) atoms. The summed E-state index contributed by atoms with van der Waals surface area (Å²) in [5.41, 5.74) is 2.28. The largest absolute Gasteiger partial charge is 0.466 e. The van der Waals surface area contributed by atoms with Crippen molar-refractivity contribution < 1.29 is 18.7 Å². The van der Waals surface area contributed by atoms with E-state index < -0.39 is 5.25 Å². The van der Waals surface area contributed by atoms with Crippen LogP contribution in [0.25, 0.3) is 0 Å². The molecule has 2 aromatic carbocycles. The number of carbonyl (C=O) groups excluding carboxylic acids is 2. The summed E-state index contributed by atoms with van der Waals surface area (Å²) >= 11 is 4.63. The molecule has 0 aromatic heterocycles. The quantitative estimate of drug-likeness (QED) is 0.491. The highest BCUT2D eigenvalue weighted by atomic mass is 79.9. The molecule has 1 aliphatic rings. The molecule has 0 spiro atoms. The van der Waals surface area contributed by atoms with E-state index in [0.29, 0.717) is 16.6 Å². The minimum absolute atomic E-state index is 0.00219. The summed E-state index contributed by atoms with van der Waals surface area (Å²) in [4.78, 5) is 27.9. The molecule has 0 radical (unpaired) electrons. The van der Waals surface area contributed by atoms with Crippen molar-refractivity contribution in [2.24, 2.45) is 0 Å². The highest BCUT2D eigenvalue weighted by molar-refractivity contribution is 9.10. The van der Waals surface area contributed by atoms with Crippen molar-refractivity contribution in [1.82, 2.24) is 0 Å². The summed E-state index contributed by atoms with van der Waals surface area (Å²) in [6, 6.07) is 10.8. The number of fused-ring (bicyclic) bond motifs is 1. The number of carbonyl (C=O) groups is 2. The van der Waals surface area contributed by atoms with Gasteiger partial charge in [0.25, 0.3) is 0 Å². The van der Waals surface area contributed by atoms with Gasteiger partial charge in [-0.15, -0.1) is 11.8 Å². The highest BCUT2D eigenvalue weighted by Crippen LogP contribution is 2.42. The monoisotopic (exact) mass is 479 g/mol. The predicted molar refractivity (Wildman–Crippen MR) is 117 cm³/mol. The van der Waals surface area contributed by atoms with Gasteiger partial charge in [0.15, 0.2) is 0 Å². The normalized spacial score (nSPS) is 15.9. The molecule has 0 bridgehead atoms. The van der Waals surface area contributed by atoms with Crippen LogP contribution in [0.4, 0.5) is 10.1 Å². The van der Waals surface area contributed by atoms with E-state index in [1.807, 2.05) is 32.0 Å². The third-order valence-corrected chi connectivity index (χ3v) is 6.44. The van der Waals surface area contributed by atoms with Gasteiger partial charge < -0.3 is 9.64 Å². The van der Waals surface area contributed by atoms with Gasteiger partial charge in [0.05, 0.1) is 30.5 Å². The zero-order chi connectivity index (χ0) is 21.0. The van der Waals surface area contributed by atoms with Crippen molar-refractivity contribution >= 4 is 45.3 Å². The molecular weight excluding hydrogens is 457 g/mol. The number of aryl methyl sites for hydroxylation is 1. The molecule has 4 nitrogen and oxygen atoms in total. The molecule has 7 heteroatoms. The molecule has 2 aromatic rings. The molecule has 1 heterocycles. The number of ether oxygens (including phenoxy) is 1. The van der Waals surface area contributed by atoms with E-state index in [2.05, 4.69) is 15.9 Å². The van der Waals surface area contributed by atoms with E-state index >= 15 is 0 Å². The zero-order valence-corrected chi connectivity index (χ0v) is 18.8. The maximum absolute atomic E-state index is 14.5. The van der Waals surface area contributed by atoms with Gasteiger partial charge in [-0.1, -0.05) is 41.9 Å². The van der Waals surface area contributed by atoms with Gasteiger partial charge in [-0.05, 0) is 42.7 Å². The molecule has 1 atom stereocenters. The van der Waals surface area contributed by atoms with Gasteiger partial charge in [0.2, 0.25) is 5.91 Å². The first kappa shape index (κ1) is 21.8. The Bertz CT molecular complexity index is 921. The van der Waals surface area contributed by atoms with Crippen molar-refractivity contribution in [3.8, 4) is 0 Å². The average Bonchev–Trinajstić information content (AvgIpc) is 2.70. The van der Waals surface area contributed by atoms with Crippen LogP contribution in [0.5, 0.6) is 0 Å². The first-order valence-corrected chi connectivity index (χ1v) is 11.3. The number of hydrogen-bond acceptors (Lipinski definition) is 4. The first-order chi connectivity index (χ1) is 13.9. The molecular formula is C22H23BrFNO3S. The van der Waals surface area contributed by atoms with Crippen LogP contribution in [-0.2, 0) is 27.3 Å². The van der Waals surface area contributed by atoms with E-state index in [1.54, 1.807) is 17.0 Å². The Labute approximate surface area is 182 Å². The van der Waals surface area contributed by atoms with Crippen LogP contribution >= 0.6 is 27.7 Å². The lowest BCUT2D eigenvalue weighted by Crippen LogP contribution is -2.41. The summed E-state index contributed by atoms with van der Waals surface area (Å²) in [5.74, 6) is -0.967. The summed E-state index contributed by atoms with van der Waals surface area (Å²) < 4.78 is 20.3. The number of benzene rings is 2. The minimum Gasteiger partial charge on any atom is -0.466 e.